The highest BCUT2D eigenvalue weighted by atomic mass is 32.1. The van der Waals surface area contributed by atoms with Crippen molar-refractivity contribution in [3.8, 4) is 5.75 Å². The molecule has 0 radical (unpaired) electrons. The Labute approximate surface area is 159 Å². The summed E-state index contributed by atoms with van der Waals surface area (Å²) in [5.74, 6) is 0.567. The van der Waals surface area contributed by atoms with Gasteiger partial charge in [0.2, 0.25) is 0 Å². The summed E-state index contributed by atoms with van der Waals surface area (Å²) in [5, 5.41) is 5.17. The molecule has 3 N–H and O–H groups in total. The Bertz CT molecular complexity index is 670. The van der Waals surface area contributed by atoms with E-state index in [4.69, 9.17) is 4.74 Å². The molecule has 1 saturated heterocycles. The van der Waals surface area contributed by atoms with Gasteiger partial charge in [0.15, 0.2) is 0 Å². The molecule has 2 atom stereocenters. The Hall–Kier alpha value is -1.89. The number of quaternary nitrogens is 2. The van der Waals surface area contributed by atoms with Crippen LogP contribution in [0.2, 0.25) is 0 Å². The summed E-state index contributed by atoms with van der Waals surface area (Å²) in [4.78, 5) is 16.9. The number of amides is 1. The van der Waals surface area contributed by atoms with Crippen LogP contribution in [0.1, 0.15) is 24.8 Å². The van der Waals surface area contributed by atoms with Crippen molar-refractivity contribution < 1.29 is 19.3 Å². The molecule has 3 rings (SSSR count). The number of piperazine rings is 1. The Morgan fingerprint density at radius 1 is 1.15 bits per heavy atom. The van der Waals surface area contributed by atoms with Crippen LogP contribution < -0.4 is 19.9 Å². The molecule has 0 saturated carbocycles. The van der Waals surface area contributed by atoms with Crippen LogP contribution in [-0.4, -0.2) is 44.9 Å². The summed E-state index contributed by atoms with van der Waals surface area (Å²) in [6.45, 7) is 10.2. The van der Waals surface area contributed by atoms with Gasteiger partial charge in [0.25, 0.3) is 0 Å². The van der Waals surface area contributed by atoms with Crippen molar-refractivity contribution in [1.82, 2.24) is 5.32 Å². The molecule has 140 valence electrons. The number of carbonyl (C=O) groups is 1. The fourth-order valence-corrected chi connectivity index (χ4v) is 4.74. The van der Waals surface area contributed by atoms with Gasteiger partial charge >= 0.3 is 6.09 Å². The first-order valence-electron chi connectivity index (χ1n) is 9.42. The molecule has 1 fully saturated rings. The zero-order valence-electron chi connectivity index (χ0n) is 15.5. The first-order chi connectivity index (χ1) is 12.7. The largest absolute Gasteiger partial charge is 0.413 e. The molecule has 1 aromatic heterocycles. The van der Waals surface area contributed by atoms with E-state index in [0.29, 0.717) is 5.75 Å². The van der Waals surface area contributed by atoms with Crippen molar-refractivity contribution in [2.75, 3.05) is 32.7 Å². The summed E-state index contributed by atoms with van der Waals surface area (Å²) in [5.41, 5.74) is 0. The minimum Gasteiger partial charge on any atom is -0.410 e. The molecule has 26 heavy (non-hydrogen) atoms. The minimum atomic E-state index is -0.387. The van der Waals surface area contributed by atoms with Gasteiger partial charge in [0, 0.05) is 0 Å². The van der Waals surface area contributed by atoms with Gasteiger partial charge < -0.3 is 19.9 Å². The van der Waals surface area contributed by atoms with Gasteiger partial charge in [-0.15, -0.1) is 11.3 Å². The standard InChI is InChI=1S/C20H27N3O2S/c1-3-22-11-13-23(14-12-22)19(18-10-7-15-26-18)16(2)21-20(24)25-17-8-5-4-6-9-17/h4-10,15-16,19H,3,11-14H2,1-2H3,(H,21,24)/p+2/t16-,19-/m1/s1. The second kappa shape index (κ2) is 9.16. The maximum absolute atomic E-state index is 12.3. The van der Waals surface area contributed by atoms with E-state index in [2.05, 4.69) is 36.7 Å². The molecule has 6 heteroatoms. The van der Waals surface area contributed by atoms with E-state index in [1.807, 2.05) is 18.2 Å². The molecule has 0 spiro atoms. The molecule has 2 heterocycles. The summed E-state index contributed by atoms with van der Waals surface area (Å²) >= 11 is 1.77. The van der Waals surface area contributed by atoms with E-state index in [-0.39, 0.29) is 18.2 Å². The maximum Gasteiger partial charge on any atom is 0.413 e. The molecule has 1 amide bonds. The molecule has 0 bridgehead atoms. The van der Waals surface area contributed by atoms with Crippen molar-refractivity contribution in [2.45, 2.75) is 25.9 Å². The van der Waals surface area contributed by atoms with Crippen LogP contribution in [-0.2, 0) is 0 Å². The first-order valence-corrected chi connectivity index (χ1v) is 10.3. The summed E-state index contributed by atoms with van der Waals surface area (Å²) in [7, 11) is 0. The van der Waals surface area contributed by atoms with Crippen LogP contribution in [0, 0.1) is 0 Å². The number of para-hydroxylation sites is 1. The van der Waals surface area contributed by atoms with E-state index >= 15 is 0 Å². The number of hydrogen-bond donors (Lipinski definition) is 3. The van der Waals surface area contributed by atoms with Crippen LogP contribution in [0.5, 0.6) is 5.75 Å². The van der Waals surface area contributed by atoms with Crippen LogP contribution in [0.4, 0.5) is 4.79 Å². The Kier molecular flexibility index (Phi) is 6.66. The van der Waals surface area contributed by atoms with Crippen molar-refractivity contribution in [2.24, 2.45) is 0 Å². The zero-order chi connectivity index (χ0) is 18.4. The molecule has 1 aromatic carbocycles. The fraction of sp³-hybridized carbons (Fsp3) is 0.450. The van der Waals surface area contributed by atoms with Gasteiger partial charge in [-0.1, -0.05) is 24.3 Å². The lowest BCUT2D eigenvalue weighted by Crippen LogP contribution is -3.28. The summed E-state index contributed by atoms with van der Waals surface area (Å²) in [6, 6.07) is 13.7. The molecule has 5 nitrogen and oxygen atoms in total. The predicted octanol–water partition coefficient (Wildman–Crippen LogP) is 0.770. The Balaban J connectivity index is 1.65. The number of carbonyl (C=O) groups excluding carboxylic acids is 1. The zero-order valence-corrected chi connectivity index (χ0v) is 16.4. The number of thiophene rings is 1. The second-order valence-electron chi connectivity index (χ2n) is 6.89. The monoisotopic (exact) mass is 375 g/mol. The number of nitrogens with one attached hydrogen (secondary N) is 3. The van der Waals surface area contributed by atoms with Gasteiger partial charge in [-0.3, -0.25) is 0 Å². The third kappa shape index (κ3) is 4.84. The van der Waals surface area contributed by atoms with Crippen molar-refractivity contribution >= 4 is 17.4 Å². The maximum atomic E-state index is 12.3. The molecule has 1 aliphatic rings. The topological polar surface area (TPSA) is 47.2 Å². The van der Waals surface area contributed by atoms with Gasteiger partial charge in [-0.25, -0.2) is 4.79 Å². The average molecular weight is 376 g/mol. The molecular formula is C20H29N3O2S+2. The number of ether oxygens (including phenoxy) is 1. The molecule has 0 unspecified atom stereocenters. The van der Waals surface area contributed by atoms with Crippen LogP contribution in [0.15, 0.2) is 47.8 Å². The van der Waals surface area contributed by atoms with Crippen LogP contribution in [0.25, 0.3) is 0 Å². The lowest BCUT2D eigenvalue weighted by molar-refractivity contribution is -1.03. The number of rotatable bonds is 6. The quantitative estimate of drug-likeness (QED) is 0.699. The van der Waals surface area contributed by atoms with Crippen molar-refractivity contribution in [1.29, 1.82) is 0 Å². The van der Waals surface area contributed by atoms with Gasteiger partial charge in [0.1, 0.15) is 38.0 Å². The summed E-state index contributed by atoms with van der Waals surface area (Å²) in [6.07, 6.45) is -0.387. The number of hydrogen-bond acceptors (Lipinski definition) is 3. The van der Waals surface area contributed by atoms with Crippen LogP contribution in [0.3, 0.4) is 0 Å². The Morgan fingerprint density at radius 3 is 2.50 bits per heavy atom. The third-order valence-corrected chi connectivity index (χ3v) is 6.14. The Morgan fingerprint density at radius 2 is 1.88 bits per heavy atom. The van der Waals surface area contributed by atoms with Crippen molar-refractivity contribution in [3.05, 3.63) is 52.7 Å². The molecule has 2 aromatic rings. The normalized spacial score (nSPS) is 22.4. The van der Waals surface area contributed by atoms with Crippen LogP contribution >= 0.6 is 11.3 Å². The van der Waals surface area contributed by atoms with E-state index < -0.39 is 0 Å². The van der Waals surface area contributed by atoms with E-state index in [1.54, 1.807) is 33.3 Å². The first kappa shape index (κ1) is 18.9. The highest BCUT2D eigenvalue weighted by Crippen LogP contribution is 2.20. The SMILES string of the molecule is CC[NH+]1CC[NH+]([C@@H](c2cccs2)[C@@H](C)NC(=O)Oc2ccccc2)CC1. The van der Waals surface area contributed by atoms with Gasteiger partial charge in [-0.2, -0.15) is 0 Å². The molecule has 1 aliphatic heterocycles. The molecular weight excluding hydrogens is 346 g/mol. The lowest BCUT2D eigenvalue weighted by Gasteiger charge is -2.36. The van der Waals surface area contributed by atoms with Crippen molar-refractivity contribution in [3.63, 3.8) is 0 Å². The highest BCUT2D eigenvalue weighted by molar-refractivity contribution is 7.10. The van der Waals surface area contributed by atoms with Gasteiger partial charge in [0.05, 0.1) is 17.5 Å². The number of benzene rings is 1. The average Bonchev–Trinajstić information content (AvgIpc) is 3.17. The highest BCUT2D eigenvalue weighted by Gasteiger charge is 2.35. The van der Waals surface area contributed by atoms with E-state index in [0.717, 1.165) is 13.1 Å². The van der Waals surface area contributed by atoms with E-state index in [1.165, 1.54) is 24.5 Å². The smallest absolute Gasteiger partial charge is 0.410 e. The number of likely N-dealkylation sites (N-methyl/N-ethyl adjacent to an activating group) is 1. The molecule has 0 aliphatic carbocycles. The third-order valence-electron chi connectivity index (χ3n) is 5.19. The summed E-state index contributed by atoms with van der Waals surface area (Å²) < 4.78 is 5.41. The van der Waals surface area contributed by atoms with E-state index in [9.17, 15) is 4.79 Å². The fourth-order valence-electron chi connectivity index (χ4n) is 3.75. The lowest BCUT2D eigenvalue weighted by atomic mass is 10.1. The predicted molar refractivity (Wildman–Crippen MR) is 104 cm³/mol. The van der Waals surface area contributed by atoms with Gasteiger partial charge in [-0.05, 0) is 37.4 Å². The minimum absolute atomic E-state index is 0.00281. The second-order valence-corrected chi connectivity index (χ2v) is 7.87.